The van der Waals surface area contributed by atoms with Gasteiger partial charge in [-0.15, -0.1) is 0 Å². The van der Waals surface area contributed by atoms with E-state index in [2.05, 4.69) is 19.9 Å². The van der Waals surface area contributed by atoms with Crippen molar-refractivity contribution in [3.8, 4) is 5.88 Å². The highest BCUT2D eigenvalue weighted by molar-refractivity contribution is 7.90. The highest BCUT2D eigenvalue weighted by Crippen LogP contribution is 2.49. The van der Waals surface area contributed by atoms with E-state index < -0.39 is 22.6 Å². The molecule has 1 saturated heterocycles. The Bertz CT molecular complexity index is 1050. The fraction of sp³-hybridized carbons (Fsp3) is 0.667. The third-order valence-corrected chi connectivity index (χ3v) is 7.32. The van der Waals surface area contributed by atoms with Crippen LogP contribution in [0.25, 0.3) is 0 Å². The number of nitrogens with zero attached hydrogens (tertiary/aromatic N) is 4. The lowest BCUT2D eigenvalue weighted by molar-refractivity contribution is -0.177. The molecular weight excluding hydrogens is 477 g/mol. The molecule has 3 heterocycles. The van der Waals surface area contributed by atoms with E-state index in [1.807, 2.05) is 4.90 Å². The minimum Gasteiger partial charge on any atom is -0.478 e. The second-order valence-corrected chi connectivity index (χ2v) is 10.8. The Morgan fingerprint density at radius 2 is 2.00 bits per heavy atom. The number of hydrogen-bond donors (Lipinski definition) is 0. The molecule has 2 atom stereocenters. The largest absolute Gasteiger partial charge is 0.478 e. The molecule has 0 bridgehead atoms. The van der Waals surface area contributed by atoms with Crippen LogP contribution in [0, 0.1) is 17.8 Å². The van der Waals surface area contributed by atoms with Crippen LogP contribution in [0.4, 0.5) is 19.2 Å². The lowest BCUT2D eigenvalue weighted by atomic mass is 9.91. The average Bonchev–Trinajstić information content (AvgIpc) is 3.39. The summed E-state index contributed by atoms with van der Waals surface area (Å²) in [6, 6.07) is 3.38. The molecule has 34 heavy (non-hydrogen) atoms. The topological polar surface area (TPSA) is 108 Å². The molecule has 1 aliphatic heterocycles. The number of ether oxygens (including phenoxy) is 2. The minimum absolute atomic E-state index is 0.101. The van der Waals surface area contributed by atoms with Gasteiger partial charge in [-0.25, -0.2) is 13.4 Å². The lowest BCUT2D eigenvalue weighted by Gasteiger charge is -2.30. The number of sulfone groups is 1. The molecule has 2 aromatic heterocycles. The number of halogens is 3. The van der Waals surface area contributed by atoms with E-state index in [0.717, 1.165) is 45.0 Å². The maximum absolute atomic E-state index is 12.2. The van der Waals surface area contributed by atoms with Crippen molar-refractivity contribution in [3.05, 3.63) is 24.2 Å². The second kappa shape index (κ2) is 10.1. The highest BCUT2D eigenvalue weighted by Gasteiger charge is 2.43. The van der Waals surface area contributed by atoms with Gasteiger partial charge in [0.25, 0.3) is 0 Å². The number of aromatic nitrogens is 3. The third kappa shape index (κ3) is 6.81. The predicted molar refractivity (Wildman–Crippen MR) is 114 cm³/mol. The van der Waals surface area contributed by atoms with Gasteiger partial charge in [0.05, 0.1) is 11.5 Å². The molecule has 0 amide bonds. The van der Waals surface area contributed by atoms with Gasteiger partial charge in [-0.2, -0.15) is 18.2 Å². The Morgan fingerprint density at radius 3 is 2.65 bits per heavy atom. The second-order valence-electron chi connectivity index (χ2n) is 8.83. The maximum Gasteiger partial charge on any atom is 0.411 e. The summed E-state index contributed by atoms with van der Waals surface area (Å²) in [5.41, 5.74) is 0. The van der Waals surface area contributed by atoms with Gasteiger partial charge in [0.15, 0.2) is 15.7 Å². The van der Waals surface area contributed by atoms with Gasteiger partial charge in [0.1, 0.15) is 13.2 Å². The van der Waals surface area contributed by atoms with E-state index in [-0.39, 0.29) is 17.3 Å². The molecule has 2 unspecified atom stereocenters. The zero-order valence-electron chi connectivity index (χ0n) is 18.7. The molecule has 2 fully saturated rings. The Morgan fingerprint density at radius 1 is 1.24 bits per heavy atom. The number of anilines is 1. The zero-order chi connectivity index (χ0) is 24.3. The molecule has 2 aliphatic rings. The number of pyridine rings is 1. The van der Waals surface area contributed by atoms with Crippen molar-refractivity contribution >= 4 is 15.9 Å². The van der Waals surface area contributed by atoms with Crippen molar-refractivity contribution in [1.82, 2.24) is 15.1 Å². The van der Waals surface area contributed by atoms with Crippen LogP contribution in [0.5, 0.6) is 5.88 Å². The van der Waals surface area contributed by atoms with Crippen LogP contribution in [-0.2, 0) is 21.2 Å². The smallest absolute Gasteiger partial charge is 0.411 e. The summed E-state index contributed by atoms with van der Waals surface area (Å²) in [6.07, 6.45) is 2.11. The molecule has 188 valence electrons. The molecule has 0 spiro atoms. The maximum atomic E-state index is 12.2. The molecule has 0 aromatic carbocycles. The molecule has 9 nitrogen and oxygen atoms in total. The van der Waals surface area contributed by atoms with Gasteiger partial charge in [-0.05, 0) is 49.5 Å². The molecule has 2 aromatic rings. The van der Waals surface area contributed by atoms with E-state index in [9.17, 15) is 21.6 Å². The van der Waals surface area contributed by atoms with Crippen molar-refractivity contribution in [2.75, 3.05) is 37.5 Å². The first-order valence-corrected chi connectivity index (χ1v) is 13.0. The van der Waals surface area contributed by atoms with E-state index in [0.29, 0.717) is 36.3 Å². The summed E-state index contributed by atoms with van der Waals surface area (Å²) in [7, 11) is -3.27. The summed E-state index contributed by atoms with van der Waals surface area (Å²) >= 11 is 0. The van der Waals surface area contributed by atoms with Crippen LogP contribution in [0.1, 0.15) is 31.5 Å². The first-order chi connectivity index (χ1) is 16.1. The van der Waals surface area contributed by atoms with Crippen molar-refractivity contribution in [2.45, 2.75) is 43.4 Å². The first-order valence-electron chi connectivity index (χ1n) is 11.1. The molecular formula is C21H27F3N4O5S. The van der Waals surface area contributed by atoms with Gasteiger partial charge in [0.2, 0.25) is 5.88 Å². The Hall–Kier alpha value is -2.41. The quantitative estimate of drug-likeness (QED) is 0.482. The molecule has 0 radical (unpaired) electrons. The number of alkyl halides is 3. The van der Waals surface area contributed by atoms with E-state index in [1.54, 1.807) is 6.07 Å². The first kappa shape index (κ1) is 24.7. The van der Waals surface area contributed by atoms with E-state index >= 15 is 0 Å². The highest BCUT2D eigenvalue weighted by atomic mass is 32.2. The standard InChI is InChI=1S/C21H27F3N4O5S/c1-34(29,30)16-2-3-19(25-11-16)32-9-6-15-10-17(15)14-4-7-28(8-5-14)20-26-18(27-33-20)12-31-13-21(22,23)24/h2-3,11,14-15,17H,4-10,12-13H2,1H3. The van der Waals surface area contributed by atoms with Crippen LogP contribution in [0.15, 0.2) is 27.7 Å². The average molecular weight is 505 g/mol. The normalized spacial score (nSPS) is 21.6. The van der Waals surface area contributed by atoms with Crippen LogP contribution >= 0.6 is 0 Å². The lowest BCUT2D eigenvalue weighted by Crippen LogP contribution is -2.34. The van der Waals surface area contributed by atoms with E-state index in [1.165, 1.54) is 12.3 Å². The van der Waals surface area contributed by atoms with Gasteiger partial charge < -0.3 is 18.9 Å². The predicted octanol–water partition coefficient (Wildman–Crippen LogP) is 3.27. The fourth-order valence-electron chi connectivity index (χ4n) is 4.38. The molecule has 4 rings (SSSR count). The van der Waals surface area contributed by atoms with Crippen LogP contribution in [0.3, 0.4) is 0 Å². The minimum atomic E-state index is -4.39. The van der Waals surface area contributed by atoms with Gasteiger partial charge in [-0.1, -0.05) is 5.16 Å². The molecule has 13 heteroatoms. The molecule has 1 aliphatic carbocycles. The molecule has 0 N–H and O–H groups in total. The Kier molecular flexibility index (Phi) is 7.31. The number of hydrogen-bond acceptors (Lipinski definition) is 9. The zero-order valence-corrected chi connectivity index (χ0v) is 19.5. The number of piperidine rings is 1. The number of rotatable bonds is 10. The fourth-order valence-corrected chi connectivity index (χ4v) is 4.93. The SMILES string of the molecule is CS(=O)(=O)c1ccc(OCCC2CC2C2CCN(c3nc(COCC(F)(F)F)no3)CC2)nc1. The molecule has 1 saturated carbocycles. The third-order valence-electron chi connectivity index (χ3n) is 6.22. The van der Waals surface area contributed by atoms with Crippen molar-refractivity contribution in [3.63, 3.8) is 0 Å². The summed E-state index contributed by atoms with van der Waals surface area (Å²) in [6.45, 7) is 0.356. The van der Waals surface area contributed by atoms with Crippen molar-refractivity contribution in [2.24, 2.45) is 17.8 Å². The van der Waals surface area contributed by atoms with Gasteiger partial charge in [0, 0.05) is 31.6 Å². The van der Waals surface area contributed by atoms with Crippen molar-refractivity contribution < 1.29 is 35.6 Å². The van der Waals surface area contributed by atoms with E-state index in [4.69, 9.17) is 9.26 Å². The summed E-state index contributed by atoms with van der Waals surface area (Å²) in [4.78, 5) is 10.3. The summed E-state index contributed by atoms with van der Waals surface area (Å²) < 4.78 is 74.9. The Labute approximate surface area is 195 Å². The monoisotopic (exact) mass is 504 g/mol. The van der Waals surface area contributed by atoms with Crippen LogP contribution in [0.2, 0.25) is 0 Å². The summed E-state index contributed by atoms with van der Waals surface area (Å²) in [5, 5.41) is 3.70. The van der Waals surface area contributed by atoms with Gasteiger partial charge >= 0.3 is 12.2 Å². The van der Waals surface area contributed by atoms with Crippen molar-refractivity contribution in [1.29, 1.82) is 0 Å². The van der Waals surface area contributed by atoms with Crippen LogP contribution in [-0.4, -0.2) is 62.3 Å². The van der Waals surface area contributed by atoms with Crippen LogP contribution < -0.4 is 9.64 Å². The van der Waals surface area contributed by atoms with Gasteiger partial charge in [-0.3, -0.25) is 0 Å². The Balaban J connectivity index is 1.14. The summed E-state index contributed by atoms with van der Waals surface area (Å²) in [5.74, 6) is 2.38.